The highest BCUT2D eigenvalue weighted by Gasteiger charge is 2.35. The van der Waals surface area contributed by atoms with Gasteiger partial charge in [-0.3, -0.25) is 4.79 Å². The van der Waals surface area contributed by atoms with Crippen molar-refractivity contribution in [3.63, 3.8) is 0 Å². The fraction of sp³-hybridized carbons (Fsp3) is 0.611. The molecule has 9 heteroatoms. The fourth-order valence-electron chi connectivity index (χ4n) is 3.39. The number of alkyl halides is 3. The Morgan fingerprint density at radius 2 is 1.59 bits per heavy atom. The molecule has 1 aromatic rings. The second-order valence-electron chi connectivity index (χ2n) is 7.10. The molecule has 5 nitrogen and oxygen atoms in total. The first-order chi connectivity index (χ1) is 12.3. The summed E-state index contributed by atoms with van der Waals surface area (Å²) in [6.45, 7) is 6.11. The third kappa shape index (κ3) is 4.82. The van der Waals surface area contributed by atoms with Gasteiger partial charge in [0.25, 0.3) is 0 Å². The molecular formula is C18H25F3N2O3S. The maximum absolute atomic E-state index is 13.1. The van der Waals surface area contributed by atoms with Crippen LogP contribution >= 0.6 is 0 Å². The van der Waals surface area contributed by atoms with E-state index in [2.05, 4.69) is 0 Å². The number of rotatable bonds is 4. The zero-order valence-electron chi connectivity index (χ0n) is 15.9. The summed E-state index contributed by atoms with van der Waals surface area (Å²) in [7, 11) is -3.73. The van der Waals surface area contributed by atoms with E-state index < -0.39 is 34.6 Å². The van der Waals surface area contributed by atoms with Crippen LogP contribution in [-0.4, -0.2) is 44.4 Å². The number of piperidine rings is 1. The number of hydrogen-bond acceptors (Lipinski definition) is 3. The van der Waals surface area contributed by atoms with E-state index in [1.165, 1.54) is 4.31 Å². The molecule has 1 saturated heterocycles. The summed E-state index contributed by atoms with van der Waals surface area (Å²) in [5.74, 6) is -1.29. The Hall–Kier alpha value is -1.61. The van der Waals surface area contributed by atoms with E-state index in [4.69, 9.17) is 0 Å². The van der Waals surface area contributed by atoms with E-state index in [9.17, 15) is 26.4 Å². The van der Waals surface area contributed by atoms with Crippen LogP contribution in [0.3, 0.4) is 0 Å². The van der Waals surface area contributed by atoms with Crippen LogP contribution in [0.25, 0.3) is 0 Å². The van der Waals surface area contributed by atoms with E-state index in [0.29, 0.717) is 16.0 Å². The molecule has 0 spiro atoms. The zero-order chi connectivity index (χ0) is 20.6. The average molecular weight is 406 g/mol. The van der Waals surface area contributed by atoms with Crippen LogP contribution in [0, 0.1) is 33.6 Å². The minimum absolute atomic E-state index is 0.109. The van der Waals surface area contributed by atoms with Crippen LogP contribution < -0.4 is 5.32 Å². The van der Waals surface area contributed by atoms with Gasteiger partial charge in [0, 0.05) is 19.0 Å². The van der Waals surface area contributed by atoms with E-state index >= 15 is 0 Å². The molecule has 2 rings (SSSR count). The molecule has 152 valence electrons. The summed E-state index contributed by atoms with van der Waals surface area (Å²) < 4.78 is 64.3. The quantitative estimate of drug-likeness (QED) is 0.836. The average Bonchev–Trinajstić information content (AvgIpc) is 2.57. The number of nitrogens with zero attached hydrogens (tertiary/aromatic N) is 1. The number of hydrogen-bond donors (Lipinski definition) is 1. The van der Waals surface area contributed by atoms with Crippen LogP contribution in [-0.2, 0) is 14.8 Å². The Morgan fingerprint density at radius 1 is 1.11 bits per heavy atom. The summed E-state index contributed by atoms with van der Waals surface area (Å²) in [6.07, 6.45) is -4.06. The Balaban J connectivity index is 2.13. The number of halogens is 3. The van der Waals surface area contributed by atoms with Gasteiger partial charge in [-0.15, -0.1) is 0 Å². The van der Waals surface area contributed by atoms with Crippen molar-refractivity contribution in [2.45, 2.75) is 51.6 Å². The lowest BCUT2D eigenvalue weighted by Crippen LogP contribution is -2.44. The fourth-order valence-corrected chi connectivity index (χ4v) is 5.43. The van der Waals surface area contributed by atoms with E-state index in [-0.39, 0.29) is 25.9 Å². The number of carbonyl (C=O) groups excluding carboxylic acids is 1. The molecule has 0 unspecified atom stereocenters. The van der Waals surface area contributed by atoms with Crippen molar-refractivity contribution in [1.29, 1.82) is 0 Å². The van der Waals surface area contributed by atoms with E-state index in [1.54, 1.807) is 13.8 Å². The van der Waals surface area contributed by atoms with Gasteiger partial charge in [-0.05, 0) is 62.8 Å². The van der Waals surface area contributed by atoms with Crippen LogP contribution in [0.15, 0.2) is 11.0 Å². The Kier molecular flexibility index (Phi) is 6.26. The number of benzene rings is 1. The second kappa shape index (κ2) is 7.79. The van der Waals surface area contributed by atoms with Gasteiger partial charge in [0.15, 0.2) is 0 Å². The molecule has 1 fully saturated rings. The molecule has 1 N–H and O–H groups in total. The highest BCUT2D eigenvalue weighted by atomic mass is 32.2. The Bertz CT molecular complexity index is 801. The molecule has 1 aliphatic rings. The van der Waals surface area contributed by atoms with Crippen LogP contribution in [0.1, 0.15) is 35.1 Å². The predicted molar refractivity (Wildman–Crippen MR) is 95.9 cm³/mol. The Labute approximate surface area is 158 Å². The van der Waals surface area contributed by atoms with E-state index in [1.807, 2.05) is 25.2 Å². The highest BCUT2D eigenvalue weighted by Crippen LogP contribution is 2.31. The standard InChI is InChI=1S/C18H25F3N2O3S/c1-11-9-12(2)14(4)16(13(11)3)27(25,26)23-7-5-15(6-8-23)17(24)22-10-18(19,20)21/h9,15H,5-8,10H2,1-4H3,(H,22,24). The number of amides is 1. The lowest BCUT2D eigenvalue weighted by Gasteiger charge is -2.32. The molecule has 1 heterocycles. The molecule has 0 aromatic heterocycles. The van der Waals surface area contributed by atoms with E-state index in [0.717, 1.165) is 11.1 Å². The summed E-state index contributed by atoms with van der Waals surface area (Å²) in [5, 5.41) is 1.88. The van der Waals surface area contributed by atoms with Crippen LogP contribution in [0.4, 0.5) is 13.2 Å². The van der Waals surface area contributed by atoms with Crippen molar-refractivity contribution in [2.24, 2.45) is 5.92 Å². The lowest BCUT2D eigenvalue weighted by atomic mass is 9.97. The molecule has 27 heavy (non-hydrogen) atoms. The second-order valence-corrected chi connectivity index (χ2v) is 8.98. The third-order valence-electron chi connectivity index (χ3n) is 5.18. The third-order valence-corrected chi connectivity index (χ3v) is 7.36. The van der Waals surface area contributed by atoms with Crippen LogP contribution in [0.5, 0.6) is 0 Å². The molecule has 0 bridgehead atoms. The summed E-state index contributed by atoms with van der Waals surface area (Å²) in [5.41, 5.74) is 3.17. The number of nitrogens with one attached hydrogen (secondary N) is 1. The smallest absolute Gasteiger partial charge is 0.347 e. The van der Waals surface area contributed by atoms with Gasteiger partial charge in [-0.25, -0.2) is 8.42 Å². The van der Waals surface area contributed by atoms with Gasteiger partial charge in [0.2, 0.25) is 15.9 Å². The number of aryl methyl sites for hydroxylation is 2. The molecule has 1 aromatic carbocycles. The maximum atomic E-state index is 13.1. The molecule has 1 aliphatic heterocycles. The molecule has 0 aliphatic carbocycles. The summed E-state index contributed by atoms with van der Waals surface area (Å²) >= 11 is 0. The zero-order valence-corrected chi connectivity index (χ0v) is 16.7. The van der Waals surface area contributed by atoms with Crippen LogP contribution in [0.2, 0.25) is 0 Å². The minimum Gasteiger partial charge on any atom is -0.347 e. The van der Waals surface area contributed by atoms with Gasteiger partial charge < -0.3 is 5.32 Å². The SMILES string of the molecule is Cc1cc(C)c(C)c(S(=O)(=O)N2CCC(C(=O)NCC(F)(F)F)CC2)c1C. The van der Waals surface area contributed by atoms with Crippen molar-refractivity contribution < 1.29 is 26.4 Å². The topological polar surface area (TPSA) is 66.5 Å². The summed E-state index contributed by atoms with van der Waals surface area (Å²) in [4.78, 5) is 12.2. The van der Waals surface area contributed by atoms with Crippen molar-refractivity contribution in [3.05, 3.63) is 28.3 Å². The largest absolute Gasteiger partial charge is 0.405 e. The molecule has 1 amide bonds. The Morgan fingerprint density at radius 3 is 2.04 bits per heavy atom. The van der Waals surface area contributed by atoms with Crippen molar-refractivity contribution in [1.82, 2.24) is 9.62 Å². The minimum atomic E-state index is -4.46. The monoisotopic (exact) mass is 406 g/mol. The van der Waals surface area contributed by atoms with Crippen molar-refractivity contribution in [2.75, 3.05) is 19.6 Å². The van der Waals surface area contributed by atoms with Crippen molar-refractivity contribution in [3.8, 4) is 0 Å². The first-order valence-electron chi connectivity index (χ1n) is 8.76. The molecule has 0 saturated carbocycles. The van der Waals surface area contributed by atoms with Gasteiger partial charge in [0.1, 0.15) is 6.54 Å². The maximum Gasteiger partial charge on any atom is 0.405 e. The molecule has 0 atom stereocenters. The van der Waals surface area contributed by atoms with Gasteiger partial charge >= 0.3 is 6.18 Å². The number of carbonyl (C=O) groups is 1. The van der Waals surface area contributed by atoms with Gasteiger partial charge in [0.05, 0.1) is 4.90 Å². The lowest BCUT2D eigenvalue weighted by molar-refractivity contribution is -0.141. The normalized spacial score (nSPS) is 17.1. The van der Waals surface area contributed by atoms with Crippen molar-refractivity contribution >= 4 is 15.9 Å². The highest BCUT2D eigenvalue weighted by molar-refractivity contribution is 7.89. The number of sulfonamides is 1. The summed E-state index contributed by atoms with van der Waals surface area (Å²) in [6, 6.07) is 1.95. The van der Waals surface area contributed by atoms with Gasteiger partial charge in [-0.2, -0.15) is 17.5 Å². The first kappa shape index (κ1) is 21.7. The van der Waals surface area contributed by atoms with Gasteiger partial charge in [-0.1, -0.05) is 6.07 Å². The molecular weight excluding hydrogens is 381 g/mol. The molecule has 0 radical (unpaired) electrons. The predicted octanol–water partition coefficient (Wildman–Crippen LogP) is 3.00. The first-order valence-corrected chi connectivity index (χ1v) is 10.2.